The molecule has 25 heavy (non-hydrogen) atoms. The van der Waals surface area contributed by atoms with Crippen molar-refractivity contribution in [3.05, 3.63) is 71.7 Å². The molecule has 0 unspecified atom stereocenters. The Morgan fingerprint density at radius 1 is 1.04 bits per heavy atom. The van der Waals surface area contributed by atoms with Gasteiger partial charge in [-0.25, -0.2) is 0 Å². The second-order valence-electron chi connectivity index (χ2n) is 5.31. The molecule has 0 spiro atoms. The van der Waals surface area contributed by atoms with Crippen molar-refractivity contribution < 1.29 is 9.26 Å². The van der Waals surface area contributed by atoms with Gasteiger partial charge in [-0.3, -0.25) is 5.10 Å². The Morgan fingerprint density at radius 3 is 2.68 bits per heavy atom. The summed E-state index contributed by atoms with van der Waals surface area (Å²) in [7, 11) is 0. The molecule has 4 rings (SSSR count). The monoisotopic (exact) mass is 352 g/mol. The maximum absolute atomic E-state index is 5.85. The van der Waals surface area contributed by atoms with Gasteiger partial charge in [-0.2, -0.15) is 10.1 Å². The summed E-state index contributed by atoms with van der Waals surface area (Å²) in [5, 5.41) is 11.6. The van der Waals surface area contributed by atoms with Crippen molar-refractivity contribution in [2.75, 3.05) is 0 Å². The second kappa shape index (κ2) is 6.78. The van der Waals surface area contributed by atoms with Crippen molar-refractivity contribution in [1.29, 1.82) is 0 Å². The fraction of sp³-hybridized carbons (Fsp3) is 0.0556. The minimum atomic E-state index is 0.189. The third kappa shape index (κ3) is 3.54. The van der Waals surface area contributed by atoms with Crippen molar-refractivity contribution in [3.8, 4) is 28.4 Å². The third-order valence-corrected chi connectivity index (χ3v) is 3.83. The minimum Gasteiger partial charge on any atom is -0.484 e. The highest BCUT2D eigenvalue weighted by molar-refractivity contribution is 6.30. The number of halogens is 1. The molecule has 7 heteroatoms. The number of ether oxygens (including phenoxy) is 1. The van der Waals surface area contributed by atoms with E-state index in [-0.39, 0.29) is 6.61 Å². The molecule has 2 heterocycles. The van der Waals surface area contributed by atoms with E-state index in [1.165, 1.54) is 0 Å². The van der Waals surface area contributed by atoms with Crippen LogP contribution in [0.5, 0.6) is 5.75 Å². The van der Waals surface area contributed by atoms with Gasteiger partial charge in [0.15, 0.2) is 6.61 Å². The Labute approximate surface area is 148 Å². The van der Waals surface area contributed by atoms with E-state index < -0.39 is 0 Å². The Kier molecular flexibility index (Phi) is 4.18. The molecule has 2 aromatic carbocycles. The Hall–Kier alpha value is -3.12. The number of aromatic amines is 1. The molecule has 0 aliphatic carbocycles. The molecule has 2 aromatic heterocycles. The van der Waals surface area contributed by atoms with Gasteiger partial charge in [-0.05, 0) is 36.4 Å². The van der Waals surface area contributed by atoms with Gasteiger partial charge in [0, 0.05) is 22.3 Å². The van der Waals surface area contributed by atoms with E-state index in [1.54, 1.807) is 30.5 Å². The van der Waals surface area contributed by atoms with Crippen LogP contribution in [0.1, 0.15) is 5.89 Å². The van der Waals surface area contributed by atoms with Gasteiger partial charge < -0.3 is 9.26 Å². The van der Waals surface area contributed by atoms with Crippen LogP contribution >= 0.6 is 11.6 Å². The summed E-state index contributed by atoms with van der Waals surface area (Å²) in [4.78, 5) is 4.38. The SMILES string of the molecule is Clc1ccc(OCc2nc(-c3cccc(-c4ccn[nH]4)c3)no2)cc1. The average Bonchev–Trinajstić information content (AvgIpc) is 3.33. The topological polar surface area (TPSA) is 76.8 Å². The molecule has 124 valence electrons. The molecule has 0 bridgehead atoms. The molecular formula is C18H13ClN4O2. The summed E-state index contributed by atoms with van der Waals surface area (Å²) in [5.41, 5.74) is 2.78. The first-order valence-electron chi connectivity index (χ1n) is 7.59. The van der Waals surface area contributed by atoms with Gasteiger partial charge in [-0.15, -0.1) is 0 Å². The van der Waals surface area contributed by atoms with Crippen LogP contribution in [0.2, 0.25) is 5.02 Å². The molecule has 6 nitrogen and oxygen atoms in total. The highest BCUT2D eigenvalue weighted by Crippen LogP contribution is 2.23. The lowest BCUT2D eigenvalue weighted by Crippen LogP contribution is -1.95. The fourth-order valence-electron chi connectivity index (χ4n) is 2.35. The number of hydrogen-bond acceptors (Lipinski definition) is 5. The molecule has 0 saturated heterocycles. The summed E-state index contributed by atoms with van der Waals surface area (Å²) in [6.45, 7) is 0.189. The second-order valence-corrected chi connectivity index (χ2v) is 5.74. The van der Waals surface area contributed by atoms with Gasteiger partial charge in [0.1, 0.15) is 5.75 Å². The van der Waals surface area contributed by atoms with E-state index in [4.69, 9.17) is 20.9 Å². The summed E-state index contributed by atoms with van der Waals surface area (Å²) in [6, 6.07) is 16.8. The maximum Gasteiger partial charge on any atom is 0.264 e. The number of hydrogen-bond donors (Lipinski definition) is 1. The van der Waals surface area contributed by atoms with Crippen LogP contribution in [0.3, 0.4) is 0 Å². The van der Waals surface area contributed by atoms with Crippen molar-refractivity contribution in [2.24, 2.45) is 0 Å². The van der Waals surface area contributed by atoms with Crippen LogP contribution < -0.4 is 4.74 Å². The molecule has 0 amide bonds. The number of nitrogens with one attached hydrogen (secondary N) is 1. The van der Waals surface area contributed by atoms with Crippen LogP contribution in [0.25, 0.3) is 22.6 Å². The lowest BCUT2D eigenvalue weighted by molar-refractivity contribution is 0.243. The number of aromatic nitrogens is 4. The van der Waals surface area contributed by atoms with Crippen molar-refractivity contribution in [3.63, 3.8) is 0 Å². The normalized spacial score (nSPS) is 10.8. The van der Waals surface area contributed by atoms with Gasteiger partial charge in [0.25, 0.3) is 5.89 Å². The maximum atomic E-state index is 5.85. The summed E-state index contributed by atoms with van der Waals surface area (Å²) in [5.74, 6) is 1.60. The van der Waals surface area contributed by atoms with Crippen LogP contribution in [0.4, 0.5) is 0 Å². The molecule has 0 aliphatic rings. The first-order chi connectivity index (χ1) is 12.3. The van der Waals surface area contributed by atoms with E-state index >= 15 is 0 Å². The smallest absolute Gasteiger partial charge is 0.264 e. The Morgan fingerprint density at radius 2 is 1.88 bits per heavy atom. The fourth-order valence-corrected chi connectivity index (χ4v) is 2.48. The van der Waals surface area contributed by atoms with Gasteiger partial charge in [0.05, 0.1) is 5.69 Å². The van der Waals surface area contributed by atoms with E-state index in [9.17, 15) is 0 Å². The minimum absolute atomic E-state index is 0.189. The van der Waals surface area contributed by atoms with Gasteiger partial charge in [-0.1, -0.05) is 35.0 Å². The number of benzene rings is 2. The predicted molar refractivity (Wildman–Crippen MR) is 93.1 cm³/mol. The highest BCUT2D eigenvalue weighted by atomic mass is 35.5. The summed E-state index contributed by atoms with van der Waals surface area (Å²) >= 11 is 5.85. The zero-order chi connectivity index (χ0) is 17.1. The molecule has 0 saturated carbocycles. The van der Waals surface area contributed by atoms with Gasteiger partial charge in [0.2, 0.25) is 5.82 Å². The third-order valence-electron chi connectivity index (χ3n) is 3.58. The zero-order valence-corrected chi connectivity index (χ0v) is 13.8. The molecular weight excluding hydrogens is 340 g/mol. The molecule has 0 fully saturated rings. The number of rotatable bonds is 5. The lowest BCUT2D eigenvalue weighted by atomic mass is 10.1. The van der Waals surface area contributed by atoms with Crippen molar-refractivity contribution >= 4 is 11.6 Å². The molecule has 0 radical (unpaired) electrons. The van der Waals surface area contributed by atoms with Crippen LogP contribution in [-0.2, 0) is 6.61 Å². The summed E-state index contributed by atoms with van der Waals surface area (Å²) in [6.07, 6.45) is 1.71. The Bertz CT molecular complexity index is 965. The summed E-state index contributed by atoms with van der Waals surface area (Å²) < 4.78 is 10.9. The molecule has 0 atom stereocenters. The van der Waals surface area contributed by atoms with Gasteiger partial charge >= 0.3 is 0 Å². The number of nitrogens with zero attached hydrogens (tertiary/aromatic N) is 3. The molecule has 0 aliphatic heterocycles. The zero-order valence-electron chi connectivity index (χ0n) is 13.0. The first kappa shape index (κ1) is 15.4. The van der Waals surface area contributed by atoms with Crippen molar-refractivity contribution in [2.45, 2.75) is 6.61 Å². The first-order valence-corrected chi connectivity index (χ1v) is 7.97. The highest BCUT2D eigenvalue weighted by Gasteiger charge is 2.10. The van der Waals surface area contributed by atoms with E-state index in [0.29, 0.717) is 22.5 Å². The predicted octanol–water partition coefficient (Wildman–Crippen LogP) is 4.36. The molecule has 4 aromatic rings. The lowest BCUT2D eigenvalue weighted by Gasteiger charge is -2.02. The van der Waals surface area contributed by atoms with Crippen molar-refractivity contribution in [1.82, 2.24) is 20.3 Å². The standard InChI is InChI=1S/C18H13ClN4O2/c19-14-4-6-15(7-5-14)24-11-17-21-18(23-25-17)13-3-1-2-12(10-13)16-8-9-20-22-16/h1-10H,11H2,(H,20,22). The van der Waals surface area contributed by atoms with E-state index in [2.05, 4.69) is 20.3 Å². The quantitative estimate of drug-likeness (QED) is 0.577. The van der Waals surface area contributed by atoms with Crippen LogP contribution in [0.15, 0.2) is 65.3 Å². The van der Waals surface area contributed by atoms with E-state index in [1.807, 2.05) is 30.3 Å². The molecule has 1 N–H and O–H groups in total. The largest absolute Gasteiger partial charge is 0.484 e. The number of H-pyrrole nitrogens is 1. The average molecular weight is 353 g/mol. The van der Waals surface area contributed by atoms with Crippen LogP contribution in [0, 0.1) is 0 Å². The Balaban J connectivity index is 1.49. The van der Waals surface area contributed by atoms with Crippen LogP contribution in [-0.4, -0.2) is 20.3 Å². The van der Waals surface area contributed by atoms with E-state index in [0.717, 1.165) is 16.8 Å².